The van der Waals surface area contributed by atoms with Crippen molar-refractivity contribution < 1.29 is 4.74 Å². The average molecular weight is 521 g/mol. The van der Waals surface area contributed by atoms with E-state index in [1.165, 1.54) is 4.68 Å². The highest BCUT2D eigenvalue weighted by Crippen LogP contribution is 2.27. The molecule has 0 N–H and O–H groups in total. The van der Waals surface area contributed by atoms with Crippen molar-refractivity contribution in [1.82, 2.24) is 9.66 Å². The van der Waals surface area contributed by atoms with E-state index < -0.39 is 0 Å². The Morgan fingerprint density at radius 1 is 1.14 bits per heavy atom. The van der Waals surface area contributed by atoms with Gasteiger partial charge in [0.15, 0.2) is 0 Å². The van der Waals surface area contributed by atoms with E-state index in [2.05, 4.69) is 37.0 Å². The second-order valence-corrected chi connectivity index (χ2v) is 9.83. The lowest BCUT2D eigenvalue weighted by Crippen LogP contribution is -2.29. The van der Waals surface area contributed by atoms with Gasteiger partial charge in [-0.1, -0.05) is 36.7 Å². The van der Waals surface area contributed by atoms with Gasteiger partial charge in [-0.25, -0.2) is 4.98 Å². The molecule has 0 aliphatic rings. The van der Waals surface area contributed by atoms with Crippen LogP contribution in [0.2, 0.25) is 0 Å². The van der Waals surface area contributed by atoms with Crippen molar-refractivity contribution >= 4 is 49.0 Å². The Kier molecular flexibility index (Phi) is 6.29. The Labute approximate surface area is 187 Å². The number of nitrogens with zero attached hydrogens (tertiary/aromatic N) is 3. The monoisotopic (exact) mass is 519 g/mol. The zero-order valence-electron chi connectivity index (χ0n) is 17.0. The fraction of sp³-hybridized carbons (Fsp3) is 0.318. The second-order valence-electron chi connectivity index (χ2n) is 8.06. The molecule has 7 heteroatoms. The number of fused-ring (bicyclic) bond motifs is 1. The lowest BCUT2D eigenvalue weighted by atomic mass is 9.95. The van der Waals surface area contributed by atoms with E-state index in [0.717, 1.165) is 20.3 Å². The predicted octanol–water partition coefficient (Wildman–Crippen LogP) is 5.89. The first-order valence-electron chi connectivity index (χ1n) is 9.29. The molecule has 0 saturated heterocycles. The zero-order chi connectivity index (χ0) is 21.3. The minimum absolute atomic E-state index is 0.0849. The molecule has 0 radical (unpaired) electrons. The molecule has 0 aliphatic carbocycles. The SMILES string of the molecule is CC(C)Oc1ccc(C=Nn2c(C(C)(C)C)nc3ccc(Br)cc3c2=O)cc1Br. The summed E-state index contributed by atoms with van der Waals surface area (Å²) in [6, 6.07) is 11.2. The molecule has 0 fully saturated rings. The van der Waals surface area contributed by atoms with Crippen LogP contribution in [0.5, 0.6) is 5.75 Å². The maximum atomic E-state index is 13.2. The number of benzene rings is 2. The highest BCUT2D eigenvalue weighted by molar-refractivity contribution is 9.10. The number of halogens is 2. The minimum atomic E-state index is -0.354. The van der Waals surface area contributed by atoms with Crippen molar-refractivity contribution in [2.24, 2.45) is 5.10 Å². The summed E-state index contributed by atoms with van der Waals surface area (Å²) in [5.41, 5.74) is 0.950. The lowest BCUT2D eigenvalue weighted by molar-refractivity contribution is 0.241. The van der Waals surface area contributed by atoms with E-state index in [0.29, 0.717) is 16.7 Å². The molecule has 3 aromatic rings. The summed E-state index contributed by atoms with van der Waals surface area (Å²) in [5, 5.41) is 5.01. The second kappa shape index (κ2) is 8.40. The van der Waals surface area contributed by atoms with Crippen LogP contribution < -0.4 is 10.3 Å². The van der Waals surface area contributed by atoms with Gasteiger partial charge < -0.3 is 4.74 Å². The molecule has 0 amide bonds. The standard InChI is InChI=1S/C22H23Br2N3O2/c1-13(2)29-19-9-6-14(10-17(19)24)12-25-27-20(28)16-11-15(23)7-8-18(16)26-21(27)22(3,4)5/h6-13H,1-5H3. The van der Waals surface area contributed by atoms with E-state index >= 15 is 0 Å². The highest BCUT2D eigenvalue weighted by Gasteiger charge is 2.22. The van der Waals surface area contributed by atoms with Crippen LogP contribution in [0, 0.1) is 0 Å². The largest absolute Gasteiger partial charge is 0.490 e. The first kappa shape index (κ1) is 21.7. The van der Waals surface area contributed by atoms with E-state index in [4.69, 9.17) is 9.72 Å². The first-order chi connectivity index (χ1) is 13.6. The van der Waals surface area contributed by atoms with E-state index in [-0.39, 0.29) is 17.1 Å². The zero-order valence-corrected chi connectivity index (χ0v) is 20.2. The van der Waals surface area contributed by atoms with Crippen molar-refractivity contribution in [2.45, 2.75) is 46.1 Å². The summed E-state index contributed by atoms with van der Waals surface area (Å²) < 4.78 is 8.79. The molecule has 0 atom stereocenters. The summed E-state index contributed by atoms with van der Waals surface area (Å²) in [6.45, 7) is 10.0. The van der Waals surface area contributed by atoms with Crippen molar-refractivity contribution in [3.05, 3.63) is 67.1 Å². The third-order valence-corrected chi connectivity index (χ3v) is 5.23. The molecule has 0 spiro atoms. The molecule has 0 saturated carbocycles. The fourth-order valence-corrected chi connectivity index (χ4v) is 3.66. The molecule has 2 aromatic carbocycles. The lowest BCUT2D eigenvalue weighted by Gasteiger charge is -2.20. The van der Waals surface area contributed by atoms with Crippen LogP contribution >= 0.6 is 31.9 Å². The molecular formula is C22H23Br2N3O2. The van der Waals surface area contributed by atoms with Crippen LogP contribution in [0.1, 0.15) is 46.0 Å². The van der Waals surface area contributed by atoms with Gasteiger partial charge in [-0.2, -0.15) is 9.78 Å². The van der Waals surface area contributed by atoms with Gasteiger partial charge in [0.1, 0.15) is 11.6 Å². The number of hydrogen-bond donors (Lipinski definition) is 0. The molecule has 1 aromatic heterocycles. The number of rotatable bonds is 4. The molecule has 5 nitrogen and oxygen atoms in total. The van der Waals surface area contributed by atoms with Gasteiger partial charge in [0, 0.05) is 9.89 Å². The average Bonchev–Trinajstić information content (AvgIpc) is 2.62. The molecule has 0 aliphatic heterocycles. The third kappa shape index (κ3) is 4.95. The van der Waals surface area contributed by atoms with Gasteiger partial charge >= 0.3 is 0 Å². The van der Waals surface area contributed by atoms with Crippen LogP contribution in [-0.2, 0) is 5.41 Å². The molecular weight excluding hydrogens is 498 g/mol. The molecule has 29 heavy (non-hydrogen) atoms. The van der Waals surface area contributed by atoms with Gasteiger partial charge in [0.05, 0.1) is 27.7 Å². The Morgan fingerprint density at radius 3 is 2.48 bits per heavy atom. The maximum Gasteiger partial charge on any atom is 0.282 e. The predicted molar refractivity (Wildman–Crippen MR) is 125 cm³/mol. The Balaban J connectivity index is 2.10. The van der Waals surface area contributed by atoms with Gasteiger partial charge in [-0.15, -0.1) is 0 Å². The fourth-order valence-electron chi connectivity index (χ4n) is 2.81. The minimum Gasteiger partial charge on any atom is -0.490 e. The Hall–Kier alpha value is -1.99. The van der Waals surface area contributed by atoms with E-state index in [9.17, 15) is 4.79 Å². The molecule has 3 rings (SSSR count). The number of hydrogen-bond acceptors (Lipinski definition) is 4. The van der Waals surface area contributed by atoms with Crippen LogP contribution in [0.4, 0.5) is 0 Å². The van der Waals surface area contributed by atoms with Crippen molar-refractivity contribution in [3.63, 3.8) is 0 Å². The summed E-state index contributed by atoms with van der Waals surface area (Å²) >= 11 is 6.96. The highest BCUT2D eigenvalue weighted by atomic mass is 79.9. The molecule has 1 heterocycles. The third-order valence-electron chi connectivity index (χ3n) is 4.12. The summed E-state index contributed by atoms with van der Waals surface area (Å²) in [6.07, 6.45) is 1.74. The van der Waals surface area contributed by atoms with Gasteiger partial charge in [0.2, 0.25) is 0 Å². The van der Waals surface area contributed by atoms with Crippen molar-refractivity contribution in [2.75, 3.05) is 0 Å². The van der Waals surface area contributed by atoms with Crippen molar-refractivity contribution in [1.29, 1.82) is 0 Å². The molecule has 0 unspecified atom stereocenters. The van der Waals surface area contributed by atoms with Crippen LogP contribution in [0.25, 0.3) is 10.9 Å². The topological polar surface area (TPSA) is 56.5 Å². The number of ether oxygens (including phenoxy) is 1. The van der Waals surface area contributed by atoms with E-state index in [1.807, 2.05) is 65.0 Å². The van der Waals surface area contributed by atoms with Crippen LogP contribution in [0.3, 0.4) is 0 Å². The van der Waals surface area contributed by atoms with Crippen LogP contribution in [0.15, 0.2) is 55.2 Å². The van der Waals surface area contributed by atoms with Gasteiger partial charge in [0.25, 0.3) is 5.56 Å². The molecule has 152 valence electrons. The van der Waals surface area contributed by atoms with Crippen molar-refractivity contribution in [3.8, 4) is 5.75 Å². The normalized spacial score (nSPS) is 12.3. The molecule has 0 bridgehead atoms. The van der Waals surface area contributed by atoms with Gasteiger partial charge in [-0.05, 0) is 71.7 Å². The first-order valence-corrected chi connectivity index (χ1v) is 10.9. The smallest absolute Gasteiger partial charge is 0.282 e. The quantitative estimate of drug-likeness (QED) is 0.403. The van der Waals surface area contributed by atoms with E-state index in [1.54, 1.807) is 12.3 Å². The summed E-state index contributed by atoms with van der Waals surface area (Å²) in [7, 11) is 0. The Morgan fingerprint density at radius 2 is 1.86 bits per heavy atom. The van der Waals surface area contributed by atoms with Gasteiger partial charge in [-0.3, -0.25) is 4.79 Å². The number of aromatic nitrogens is 2. The maximum absolute atomic E-state index is 13.2. The summed E-state index contributed by atoms with van der Waals surface area (Å²) in [5.74, 6) is 1.37. The Bertz CT molecular complexity index is 1150. The summed E-state index contributed by atoms with van der Waals surface area (Å²) in [4.78, 5) is 17.9. The van der Waals surface area contributed by atoms with Crippen LogP contribution in [-0.4, -0.2) is 22.0 Å².